The van der Waals surface area contributed by atoms with Crippen LogP contribution < -0.4 is 21.5 Å². The van der Waals surface area contributed by atoms with Gasteiger partial charge in [0.25, 0.3) is 11.5 Å². The van der Waals surface area contributed by atoms with Gasteiger partial charge in [0.2, 0.25) is 0 Å². The molecule has 1 fully saturated rings. The number of alkyl halides is 1. The number of pyridine rings is 1. The van der Waals surface area contributed by atoms with Crippen molar-refractivity contribution in [1.29, 1.82) is 0 Å². The van der Waals surface area contributed by atoms with E-state index in [1.54, 1.807) is 42.9 Å². The van der Waals surface area contributed by atoms with Crippen molar-refractivity contribution < 1.29 is 9.18 Å². The number of nitrogens with one attached hydrogen (secondary N) is 3. The van der Waals surface area contributed by atoms with E-state index >= 15 is 0 Å². The topological polar surface area (TPSA) is 103 Å². The number of carbonyl (C=O) groups excluding carboxylic acids is 1. The molecule has 2 aliphatic rings. The molecular weight excluding hydrogens is 401 g/mol. The van der Waals surface area contributed by atoms with Crippen molar-refractivity contribution in [3.8, 4) is 0 Å². The van der Waals surface area contributed by atoms with Gasteiger partial charge in [-0.3, -0.25) is 9.59 Å². The Labute approximate surface area is 180 Å². The van der Waals surface area contributed by atoms with Crippen LogP contribution in [-0.2, 0) is 4.79 Å². The van der Waals surface area contributed by atoms with Gasteiger partial charge in [0, 0.05) is 32.1 Å². The fourth-order valence-corrected chi connectivity index (χ4v) is 3.28. The number of carbonyl (C=O) groups is 1. The van der Waals surface area contributed by atoms with Crippen molar-refractivity contribution in [2.75, 3.05) is 12.4 Å². The lowest BCUT2D eigenvalue weighted by Crippen LogP contribution is -2.48. The number of aliphatic imine (C=N–C) groups is 1. The number of halogens is 1. The first-order chi connectivity index (χ1) is 14.8. The fourth-order valence-electron chi connectivity index (χ4n) is 3.28. The summed E-state index contributed by atoms with van der Waals surface area (Å²) in [6.45, 7) is 8.98. The van der Waals surface area contributed by atoms with Crippen molar-refractivity contribution >= 4 is 24.1 Å². The Balaban J connectivity index is 1.96. The number of anilines is 1. The van der Waals surface area contributed by atoms with Gasteiger partial charge in [-0.2, -0.15) is 10.1 Å². The summed E-state index contributed by atoms with van der Waals surface area (Å²) in [6.07, 6.45) is 3.39. The quantitative estimate of drug-likeness (QED) is 0.475. The van der Waals surface area contributed by atoms with Gasteiger partial charge in [0.1, 0.15) is 23.5 Å². The second-order valence-electron chi connectivity index (χ2n) is 7.70. The van der Waals surface area contributed by atoms with Crippen LogP contribution in [0.5, 0.6) is 0 Å². The van der Waals surface area contributed by atoms with Crippen LogP contribution in [0.15, 0.2) is 56.5 Å². The van der Waals surface area contributed by atoms with Crippen LogP contribution in [0.1, 0.15) is 39.7 Å². The zero-order valence-electron chi connectivity index (χ0n) is 18.1. The largest absolute Gasteiger partial charge is 0.373 e. The molecule has 2 atom stereocenters. The molecule has 2 heterocycles. The molecular formula is C21H28FN7O2. The Bertz CT molecular complexity index is 1020. The van der Waals surface area contributed by atoms with Crippen molar-refractivity contribution in [1.82, 2.24) is 20.2 Å². The summed E-state index contributed by atoms with van der Waals surface area (Å²) < 4.78 is 15.2. The Kier molecular flexibility index (Phi) is 6.57. The highest BCUT2D eigenvalue weighted by atomic mass is 19.1. The number of nitrogens with zero attached hydrogens (tertiary/aromatic N) is 4. The number of hydrogen-bond donors (Lipinski definition) is 3. The molecule has 1 aliphatic carbocycles. The molecule has 1 saturated carbocycles. The summed E-state index contributed by atoms with van der Waals surface area (Å²) in [5.74, 6) is 0.633. The lowest BCUT2D eigenvalue weighted by Gasteiger charge is -2.32. The van der Waals surface area contributed by atoms with Gasteiger partial charge in [-0.15, -0.1) is 0 Å². The molecule has 0 unspecified atom stereocenters. The molecule has 1 aromatic heterocycles. The minimum atomic E-state index is -1.03. The molecule has 1 amide bonds. The van der Waals surface area contributed by atoms with Crippen molar-refractivity contribution in [2.24, 2.45) is 10.1 Å². The first-order valence-electron chi connectivity index (χ1n) is 10.2. The molecule has 31 heavy (non-hydrogen) atoms. The molecule has 3 N–H and O–H groups in total. The van der Waals surface area contributed by atoms with E-state index in [0.29, 0.717) is 30.2 Å². The number of aromatic nitrogens is 1. The molecule has 1 aromatic rings. The molecule has 0 radical (unpaired) electrons. The Morgan fingerprint density at radius 2 is 2.13 bits per heavy atom. The summed E-state index contributed by atoms with van der Waals surface area (Å²) in [6, 6.07) is 2.94. The predicted octanol–water partition coefficient (Wildman–Crippen LogP) is 2.08. The van der Waals surface area contributed by atoms with Gasteiger partial charge in [0.15, 0.2) is 5.82 Å². The summed E-state index contributed by atoms with van der Waals surface area (Å²) in [5.41, 5.74) is 0.403. The SMILES string of the molecule is C=NN1C(NC)=CC(Nc2cccn(C(C)C)c2=O)=N/C1=C(/C)C(=O)N[C@H]1CC[C@@H]1F. The van der Waals surface area contributed by atoms with E-state index in [1.807, 2.05) is 13.8 Å². The molecule has 3 rings (SSSR count). The molecule has 0 bridgehead atoms. The Morgan fingerprint density at radius 1 is 1.39 bits per heavy atom. The first kappa shape index (κ1) is 22.3. The maximum atomic E-state index is 13.6. The highest BCUT2D eigenvalue weighted by Gasteiger charge is 2.33. The highest BCUT2D eigenvalue weighted by molar-refractivity contribution is 6.06. The fraction of sp³-hybridized carbons (Fsp3) is 0.429. The number of hydrazone groups is 1. The van der Waals surface area contributed by atoms with Crippen LogP contribution in [-0.4, -0.2) is 47.3 Å². The van der Waals surface area contributed by atoms with Gasteiger partial charge >= 0.3 is 0 Å². The normalized spacial score (nSPS) is 22.2. The minimum Gasteiger partial charge on any atom is -0.373 e. The van der Waals surface area contributed by atoms with Crippen LogP contribution in [0.2, 0.25) is 0 Å². The molecule has 166 valence electrons. The van der Waals surface area contributed by atoms with Gasteiger partial charge in [-0.25, -0.2) is 9.38 Å². The van der Waals surface area contributed by atoms with E-state index in [1.165, 1.54) is 5.01 Å². The summed E-state index contributed by atoms with van der Waals surface area (Å²) in [7, 11) is 1.69. The highest BCUT2D eigenvalue weighted by Crippen LogP contribution is 2.25. The summed E-state index contributed by atoms with van der Waals surface area (Å²) >= 11 is 0. The zero-order valence-corrected chi connectivity index (χ0v) is 18.1. The second-order valence-corrected chi connectivity index (χ2v) is 7.70. The van der Waals surface area contributed by atoms with Crippen LogP contribution in [0.3, 0.4) is 0 Å². The van der Waals surface area contributed by atoms with E-state index in [0.717, 1.165) is 0 Å². The number of rotatable bonds is 6. The lowest BCUT2D eigenvalue weighted by atomic mass is 9.90. The van der Waals surface area contributed by atoms with E-state index in [-0.39, 0.29) is 23.0 Å². The Morgan fingerprint density at radius 3 is 2.68 bits per heavy atom. The predicted molar refractivity (Wildman–Crippen MR) is 119 cm³/mol. The second kappa shape index (κ2) is 9.15. The average Bonchev–Trinajstić information content (AvgIpc) is 2.76. The van der Waals surface area contributed by atoms with Crippen LogP contribution in [0.25, 0.3) is 0 Å². The number of amidine groups is 1. The maximum absolute atomic E-state index is 13.6. The number of amides is 1. The van der Waals surface area contributed by atoms with E-state index in [2.05, 4.69) is 32.8 Å². The van der Waals surface area contributed by atoms with Crippen LogP contribution >= 0.6 is 0 Å². The molecule has 0 spiro atoms. The van der Waals surface area contributed by atoms with Gasteiger partial charge in [0.05, 0.1) is 11.6 Å². The monoisotopic (exact) mass is 429 g/mol. The third kappa shape index (κ3) is 4.52. The van der Waals surface area contributed by atoms with Crippen molar-refractivity contribution in [2.45, 2.75) is 51.9 Å². The smallest absolute Gasteiger partial charge is 0.274 e. The first-order valence-corrected chi connectivity index (χ1v) is 10.2. The third-order valence-electron chi connectivity index (χ3n) is 5.30. The van der Waals surface area contributed by atoms with Gasteiger partial charge in [-0.1, -0.05) is 0 Å². The summed E-state index contributed by atoms with van der Waals surface area (Å²) in [5, 5.41) is 14.0. The minimum absolute atomic E-state index is 0.00125. The molecule has 10 heteroatoms. The third-order valence-corrected chi connectivity index (χ3v) is 5.30. The summed E-state index contributed by atoms with van der Waals surface area (Å²) in [4.78, 5) is 29.9. The van der Waals surface area contributed by atoms with Crippen molar-refractivity contribution in [3.63, 3.8) is 0 Å². The van der Waals surface area contributed by atoms with Gasteiger partial charge in [-0.05, 0) is 45.7 Å². The zero-order chi connectivity index (χ0) is 22.7. The van der Waals surface area contributed by atoms with Crippen LogP contribution in [0.4, 0.5) is 10.1 Å². The molecule has 1 aliphatic heterocycles. The molecule has 0 aromatic carbocycles. The average molecular weight is 430 g/mol. The van der Waals surface area contributed by atoms with Crippen LogP contribution in [0, 0.1) is 0 Å². The molecule has 9 nitrogen and oxygen atoms in total. The molecule has 0 saturated heterocycles. The van der Waals surface area contributed by atoms with E-state index < -0.39 is 18.1 Å². The van der Waals surface area contributed by atoms with Gasteiger partial charge < -0.3 is 20.5 Å². The maximum Gasteiger partial charge on any atom is 0.274 e. The van der Waals surface area contributed by atoms with E-state index in [4.69, 9.17) is 0 Å². The lowest BCUT2D eigenvalue weighted by molar-refractivity contribution is -0.119. The van der Waals surface area contributed by atoms with E-state index in [9.17, 15) is 14.0 Å². The standard InChI is InChI=1S/C21H28FN7O2/c1-12(2)28-10-6-7-16(21(28)31)25-17-11-18(23-4)29(24-5)19(27-17)13(3)20(30)26-15-9-8-14(15)22/h6-7,10-12,14-15,23H,5,8-9H2,1-4H3,(H,25,27)(H,26,30)/b19-13+/t14-,15-/m0/s1. The number of hydrogen-bond acceptors (Lipinski definition) is 7. The van der Waals surface area contributed by atoms with Crippen molar-refractivity contribution in [3.05, 3.63) is 52.0 Å². The Hall–Kier alpha value is -3.43.